The molecule has 0 aliphatic carbocycles. The number of benzene rings is 2. The quantitative estimate of drug-likeness (QED) is 0.921. The summed E-state index contributed by atoms with van der Waals surface area (Å²) in [5.74, 6) is 1.26. The Morgan fingerprint density at radius 2 is 1.55 bits per heavy atom. The summed E-state index contributed by atoms with van der Waals surface area (Å²) < 4.78 is 11.5. The van der Waals surface area contributed by atoms with Crippen LogP contribution < -0.4 is 9.47 Å². The van der Waals surface area contributed by atoms with E-state index in [1.807, 2.05) is 31.2 Å². The van der Waals surface area contributed by atoms with Crippen molar-refractivity contribution in [2.45, 2.75) is 13.0 Å². The molecule has 3 nitrogen and oxygen atoms in total. The maximum absolute atomic E-state index is 10.5. The van der Waals surface area contributed by atoms with Crippen molar-refractivity contribution in [1.29, 1.82) is 0 Å². The van der Waals surface area contributed by atoms with Crippen LogP contribution in [0.15, 0.2) is 40.9 Å². The van der Waals surface area contributed by atoms with Gasteiger partial charge in [-0.05, 0) is 41.8 Å². The molecule has 0 fully saturated rings. The molecule has 0 saturated carbocycles. The Morgan fingerprint density at radius 3 is 2.15 bits per heavy atom. The lowest BCUT2D eigenvalue weighted by Crippen LogP contribution is -2.01. The summed E-state index contributed by atoms with van der Waals surface area (Å²) in [5, 5.41) is 10.5. The molecule has 2 aromatic rings. The predicted molar refractivity (Wildman–Crippen MR) is 82.5 cm³/mol. The van der Waals surface area contributed by atoms with Crippen LogP contribution in [0.1, 0.15) is 22.8 Å². The topological polar surface area (TPSA) is 38.7 Å². The highest BCUT2D eigenvalue weighted by atomic mass is 79.9. The third-order valence-corrected chi connectivity index (χ3v) is 4.11. The van der Waals surface area contributed by atoms with E-state index in [1.165, 1.54) is 0 Å². The largest absolute Gasteiger partial charge is 0.493 e. The number of methoxy groups -OCH3 is 2. The number of rotatable bonds is 4. The maximum atomic E-state index is 10.5. The number of hydrogen-bond donors (Lipinski definition) is 1. The minimum atomic E-state index is -0.693. The van der Waals surface area contributed by atoms with Crippen LogP contribution in [0.3, 0.4) is 0 Å². The second-order valence-electron chi connectivity index (χ2n) is 4.53. The first kappa shape index (κ1) is 14.9. The first-order chi connectivity index (χ1) is 9.56. The molecule has 106 valence electrons. The molecule has 0 amide bonds. The van der Waals surface area contributed by atoms with Gasteiger partial charge in [0.05, 0.1) is 14.2 Å². The summed E-state index contributed by atoms with van der Waals surface area (Å²) in [4.78, 5) is 0. The van der Waals surface area contributed by atoms with E-state index in [-0.39, 0.29) is 0 Å². The Morgan fingerprint density at radius 1 is 0.950 bits per heavy atom. The zero-order chi connectivity index (χ0) is 14.7. The van der Waals surface area contributed by atoms with Gasteiger partial charge in [0, 0.05) is 4.47 Å². The van der Waals surface area contributed by atoms with Gasteiger partial charge in [-0.1, -0.05) is 34.1 Å². The molecule has 0 bridgehead atoms. The summed E-state index contributed by atoms with van der Waals surface area (Å²) in [6.45, 7) is 1.99. The van der Waals surface area contributed by atoms with E-state index < -0.39 is 6.10 Å². The Labute approximate surface area is 127 Å². The molecule has 20 heavy (non-hydrogen) atoms. The van der Waals surface area contributed by atoms with Crippen molar-refractivity contribution in [2.24, 2.45) is 0 Å². The molecule has 0 radical (unpaired) electrons. The molecule has 2 rings (SSSR count). The first-order valence-electron chi connectivity index (χ1n) is 6.23. The first-order valence-corrected chi connectivity index (χ1v) is 7.02. The van der Waals surface area contributed by atoms with Crippen molar-refractivity contribution in [3.8, 4) is 11.5 Å². The molecular weight excluding hydrogens is 320 g/mol. The summed E-state index contributed by atoms with van der Waals surface area (Å²) >= 11 is 3.46. The molecule has 0 spiro atoms. The number of hydrogen-bond acceptors (Lipinski definition) is 3. The fourth-order valence-electron chi connectivity index (χ4n) is 2.05. The number of aryl methyl sites for hydroxylation is 1. The summed E-state index contributed by atoms with van der Waals surface area (Å²) in [6.07, 6.45) is -0.693. The molecule has 0 heterocycles. The smallest absolute Gasteiger partial charge is 0.161 e. The Bertz CT molecular complexity index is 611. The van der Waals surface area contributed by atoms with Crippen molar-refractivity contribution >= 4 is 15.9 Å². The average Bonchev–Trinajstić information content (AvgIpc) is 2.48. The minimum Gasteiger partial charge on any atom is -0.493 e. The third kappa shape index (κ3) is 2.97. The molecule has 1 unspecified atom stereocenters. The van der Waals surface area contributed by atoms with E-state index in [1.54, 1.807) is 26.4 Å². The van der Waals surface area contributed by atoms with Gasteiger partial charge in [-0.25, -0.2) is 0 Å². The number of aliphatic hydroxyl groups is 1. The number of aliphatic hydroxyl groups excluding tert-OH is 1. The van der Waals surface area contributed by atoms with Gasteiger partial charge in [0.25, 0.3) is 0 Å². The third-order valence-electron chi connectivity index (χ3n) is 3.22. The molecule has 1 N–H and O–H groups in total. The van der Waals surface area contributed by atoms with Gasteiger partial charge in [-0.2, -0.15) is 0 Å². The van der Waals surface area contributed by atoms with Gasteiger partial charge < -0.3 is 14.6 Å². The van der Waals surface area contributed by atoms with Gasteiger partial charge in [-0.15, -0.1) is 0 Å². The Hall–Kier alpha value is -1.52. The highest BCUT2D eigenvalue weighted by Crippen LogP contribution is 2.33. The van der Waals surface area contributed by atoms with Crippen molar-refractivity contribution in [3.05, 3.63) is 57.6 Å². The van der Waals surface area contributed by atoms with Gasteiger partial charge >= 0.3 is 0 Å². The number of halogens is 1. The fraction of sp³-hybridized carbons (Fsp3) is 0.250. The van der Waals surface area contributed by atoms with Crippen LogP contribution in [-0.2, 0) is 0 Å². The van der Waals surface area contributed by atoms with E-state index >= 15 is 0 Å². The van der Waals surface area contributed by atoms with Crippen molar-refractivity contribution in [2.75, 3.05) is 14.2 Å². The van der Waals surface area contributed by atoms with Crippen LogP contribution in [0, 0.1) is 6.92 Å². The van der Waals surface area contributed by atoms with Gasteiger partial charge in [0.1, 0.15) is 6.10 Å². The monoisotopic (exact) mass is 336 g/mol. The lowest BCUT2D eigenvalue weighted by molar-refractivity contribution is 0.219. The minimum absolute atomic E-state index is 0.609. The molecule has 4 heteroatoms. The Balaban J connectivity index is 2.37. The van der Waals surface area contributed by atoms with Crippen molar-refractivity contribution in [1.82, 2.24) is 0 Å². The second kappa shape index (κ2) is 6.29. The standard InChI is InChI=1S/C16H17BrO3/c1-10-8-11(4-6-13(10)17)16(18)12-5-7-14(19-2)15(9-12)20-3/h4-9,16,18H,1-3H3. The molecule has 0 aromatic heterocycles. The molecule has 0 aliphatic rings. The van der Waals surface area contributed by atoms with Crippen LogP contribution in [0.5, 0.6) is 11.5 Å². The highest BCUT2D eigenvalue weighted by molar-refractivity contribution is 9.10. The average molecular weight is 337 g/mol. The van der Waals surface area contributed by atoms with Crippen LogP contribution in [0.25, 0.3) is 0 Å². The van der Waals surface area contributed by atoms with Crippen LogP contribution in [-0.4, -0.2) is 19.3 Å². The van der Waals surface area contributed by atoms with E-state index in [2.05, 4.69) is 15.9 Å². The molecular formula is C16H17BrO3. The second-order valence-corrected chi connectivity index (χ2v) is 5.38. The zero-order valence-electron chi connectivity index (χ0n) is 11.7. The zero-order valence-corrected chi connectivity index (χ0v) is 13.3. The van der Waals surface area contributed by atoms with Crippen molar-refractivity contribution < 1.29 is 14.6 Å². The van der Waals surface area contributed by atoms with Crippen LogP contribution in [0.4, 0.5) is 0 Å². The van der Waals surface area contributed by atoms with E-state index in [9.17, 15) is 5.11 Å². The SMILES string of the molecule is COc1ccc(C(O)c2ccc(Br)c(C)c2)cc1OC. The fourth-order valence-corrected chi connectivity index (χ4v) is 2.30. The summed E-state index contributed by atoms with van der Waals surface area (Å²) in [5.41, 5.74) is 2.70. The lowest BCUT2D eigenvalue weighted by atomic mass is 9.99. The maximum Gasteiger partial charge on any atom is 0.161 e. The van der Waals surface area contributed by atoms with Crippen LogP contribution >= 0.6 is 15.9 Å². The molecule has 0 saturated heterocycles. The Kier molecular flexibility index (Phi) is 4.68. The van der Waals surface area contributed by atoms with Gasteiger partial charge in [0.2, 0.25) is 0 Å². The number of ether oxygens (including phenoxy) is 2. The molecule has 1 atom stereocenters. The molecule has 0 aliphatic heterocycles. The van der Waals surface area contributed by atoms with E-state index in [0.29, 0.717) is 11.5 Å². The highest BCUT2D eigenvalue weighted by Gasteiger charge is 2.14. The molecule has 2 aromatic carbocycles. The van der Waals surface area contributed by atoms with Crippen molar-refractivity contribution in [3.63, 3.8) is 0 Å². The van der Waals surface area contributed by atoms with Gasteiger partial charge in [-0.3, -0.25) is 0 Å². The van der Waals surface area contributed by atoms with E-state index in [4.69, 9.17) is 9.47 Å². The van der Waals surface area contributed by atoms with E-state index in [0.717, 1.165) is 21.2 Å². The lowest BCUT2D eigenvalue weighted by Gasteiger charge is -2.15. The van der Waals surface area contributed by atoms with Crippen LogP contribution in [0.2, 0.25) is 0 Å². The summed E-state index contributed by atoms with van der Waals surface area (Å²) in [6, 6.07) is 11.2. The normalized spacial score (nSPS) is 12.1. The van der Waals surface area contributed by atoms with Gasteiger partial charge in [0.15, 0.2) is 11.5 Å². The predicted octanol–water partition coefficient (Wildman–Crippen LogP) is 3.86. The summed E-state index contributed by atoms with van der Waals surface area (Å²) in [7, 11) is 3.17.